The molecule has 1 heterocycles. The third-order valence-electron chi connectivity index (χ3n) is 6.69. The zero-order valence-corrected chi connectivity index (χ0v) is 23.7. The molecule has 2 atom stereocenters. The molecular weight excluding hydrogens is 599 g/mol. The van der Waals surface area contributed by atoms with Crippen LogP contribution in [0.3, 0.4) is 0 Å². The second-order valence-corrected chi connectivity index (χ2v) is 11.0. The van der Waals surface area contributed by atoms with Crippen LogP contribution in [0.5, 0.6) is 0 Å². The SMILES string of the molecule is CC[C@@H]1[C@H](CN(Cc2cc(C(F)(F)F)cc(C(F)(F)F)c2)C(=O)OC)c2ccc(C(F)(F)F)cc2N1C(=O)OC(C)(C)C. The van der Waals surface area contributed by atoms with Gasteiger partial charge >= 0.3 is 30.7 Å². The summed E-state index contributed by atoms with van der Waals surface area (Å²) in [4.78, 5) is 27.9. The van der Waals surface area contributed by atoms with E-state index in [1.807, 2.05) is 0 Å². The van der Waals surface area contributed by atoms with Crippen molar-refractivity contribution in [3.05, 3.63) is 64.2 Å². The maximum absolute atomic E-state index is 13.6. The van der Waals surface area contributed by atoms with E-state index >= 15 is 0 Å². The molecule has 3 rings (SSSR count). The molecule has 0 spiro atoms. The quantitative estimate of drug-likeness (QED) is 0.311. The second kappa shape index (κ2) is 11.8. The van der Waals surface area contributed by atoms with Crippen molar-refractivity contribution in [2.24, 2.45) is 0 Å². The van der Waals surface area contributed by atoms with Gasteiger partial charge in [-0.2, -0.15) is 39.5 Å². The Morgan fingerprint density at radius 2 is 1.37 bits per heavy atom. The minimum absolute atomic E-state index is 0.0523. The molecule has 238 valence electrons. The monoisotopic (exact) mass is 628 g/mol. The fourth-order valence-corrected chi connectivity index (χ4v) is 4.94. The van der Waals surface area contributed by atoms with Crippen molar-refractivity contribution >= 4 is 17.9 Å². The fourth-order valence-electron chi connectivity index (χ4n) is 4.94. The van der Waals surface area contributed by atoms with Crippen LogP contribution in [0, 0.1) is 0 Å². The van der Waals surface area contributed by atoms with Gasteiger partial charge < -0.3 is 14.4 Å². The van der Waals surface area contributed by atoms with E-state index in [0.717, 1.165) is 35.1 Å². The number of fused-ring (bicyclic) bond motifs is 1. The number of carbonyl (C=O) groups is 2. The van der Waals surface area contributed by atoms with E-state index in [0.29, 0.717) is 12.1 Å². The van der Waals surface area contributed by atoms with Crippen LogP contribution in [-0.2, 0) is 34.5 Å². The van der Waals surface area contributed by atoms with Crippen LogP contribution in [-0.4, -0.2) is 42.4 Å². The molecule has 2 aromatic carbocycles. The molecule has 15 heteroatoms. The number of benzene rings is 2. The van der Waals surface area contributed by atoms with E-state index < -0.39 is 83.6 Å². The number of hydrogen-bond donors (Lipinski definition) is 0. The molecule has 0 saturated carbocycles. The molecule has 0 bridgehead atoms. The van der Waals surface area contributed by atoms with Crippen LogP contribution in [0.1, 0.15) is 67.9 Å². The van der Waals surface area contributed by atoms with E-state index in [1.54, 1.807) is 27.7 Å². The Kier molecular flexibility index (Phi) is 9.28. The molecule has 1 aliphatic heterocycles. The highest BCUT2D eigenvalue weighted by Gasteiger charge is 2.45. The highest BCUT2D eigenvalue weighted by molar-refractivity contribution is 5.92. The summed E-state index contributed by atoms with van der Waals surface area (Å²) in [6.07, 6.45) is -17.0. The molecule has 0 radical (unpaired) electrons. The Morgan fingerprint density at radius 3 is 1.81 bits per heavy atom. The van der Waals surface area contributed by atoms with Gasteiger partial charge in [-0.25, -0.2) is 9.59 Å². The molecule has 0 fully saturated rings. The molecule has 0 unspecified atom stereocenters. The first kappa shape index (κ1) is 33.8. The lowest BCUT2D eigenvalue weighted by Crippen LogP contribution is -2.45. The fraction of sp³-hybridized carbons (Fsp3) is 0.500. The number of alkyl halides is 9. The standard InChI is InChI=1S/C28H29F9N2O4/c1-6-21-20(19-8-7-16(26(29,30)31)12-22(19)39(21)24(41)43-25(2,3)4)14-38(23(40)42-5)13-15-9-17(27(32,33)34)11-18(10-15)28(35,36)37/h7-12,20-21H,6,13-14H2,1-5H3/t20-,21-/m1/s1. The molecule has 0 N–H and O–H groups in total. The topological polar surface area (TPSA) is 59.1 Å². The summed E-state index contributed by atoms with van der Waals surface area (Å²) in [5.41, 5.74) is -5.75. The first-order valence-electron chi connectivity index (χ1n) is 12.9. The highest BCUT2D eigenvalue weighted by atomic mass is 19.4. The van der Waals surface area contributed by atoms with Gasteiger partial charge in [0.2, 0.25) is 0 Å². The van der Waals surface area contributed by atoms with E-state index in [1.165, 1.54) is 0 Å². The van der Waals surface area contributed by atoms with E-state index in [2.05, 4.69) is 0 Å². The van der Waals surface area contributed by atoms with Crippen molar-refractivity contribution in [3.63, 3.8) is 0 Å². The molecular formula is C28H29F9N2O4. The van der Waals surface area contributed by atoms with Crippen LogP contribution < -0.4 is 4.90 Å². The lowest BCUT2D eigenvalue weighted by molar-refractivity contribution is -0.143. The van der Waals surface area contributed by atoms with Crippen LogP contribution >= 0.6 is 0 Å². The zero-order valence-electron chi connectivity index (χ0n) is 23.7. The van der Waals surface area contributed by atoms with Crippen molar-refractivity contribution in [2.75, 3.05) is 18.6 Å². The number of hydrogen-bond acceptors (Lipinski definition) is 4. The summed E-state index contributed by atoms with van der Waals surface area (Å²) in [5, 5.41) is 0. The normalized spacial score (nSPS) is 17.5. The summed E-state index contributed by atoms with van der Waals surface area (Å²) < 4.78 is 132. The van der Waals surface area contributed by atoms with Crippen molar-refractivity contribution in [3.8, 4) is 0 Å². The van der Waals surface area contributed by atoms with Crippen LogP contribution in [0.15, 0.2) is 36.4 Å². The Morgan fingerprint density at radius 1 is 0.837 bits per heavy atom. The highest BCUT2D eigenvalue weighted by Crippen LogP contribution is 2.46. The zero-order chi connectivity index (χ0) is 32.7. The summed E-state index contributed by atoms with van der Waals surface area (Å²) in [6, 6.07) is 2.64. The Labute approximate surface area is 241 Å². The number of anilines is 1. The number of rotatable bonds is 5. The molecule has 43 heavy (non-hydrogen) atoms. The van der Waals surface area contributed by atoms with Gasteiger partial charge in [-0.15, -0.1) is 0 Å². The van der Waals surface area contributed by atoms with Crippen molar-refractivity contribution in [1.82, 2.24) is 4.90 Å². The number of ether oxygens (including phenoxy) is 2. The average Bonchev–Trinajstić information content (AvgIpc) is 3.17. The predicted molar refractivity (Wildman–Crippen MR) is 136 cm³/mol. The number of halogens is 9. The number of amides is 2. The Balaban J connectivity index is 2.11. The van der Waals surface area contributed by atoms with E-state index in [-0.39, 0.29) is 23.7 Å². The summed E-state index contributed by atoms with van der Waals surface area (Å²) in [6.45, 7) is 5.08. The van der Waals surface area contributed by atoms with Crippen LogP contribution in [0.2, 0.25) is 0 Å². The van der Waals surface area contributed by atoms with Crippen LogP contribution in [0.4, 0.5) is 54.8 Å². The minimum atomic E-state index is -5.13. The Hall–Kier alpha value is -3.65. The third kappa shape index (κ3) is 7.85. The molecule has 0 aromatic heterocycles. The van der Waals surface area contributed by atoms with Crippen molar-refractivity contribution in [1.29, 1.82) is 0 Å². The number of methoxy groups -OCH3 is 1. The van der Waals surface area contributed by atoms with Gasteiger partial charge in [0.25, 0.3) is 0 Å². The maximum atomic E-state index is 13.6. The van der Waals surface area contributed by atoms with Gasteiger partial charge in [0, 0.05) is 25.0 Å². The molecule has 1 aliphatic rings. The molecule has 0 aliphatic carbocycles. The largest absolute Gasteiger partial charge is 0.453 e. The van der Waals surface area contributed by atoms with Gasteiger partial charge in [0.1, 0.15) is 5.60 Å². The smallest absolute Gasteiger partial charge is 0.416 e. The summed E-state index contributed by atoms with van der Waals surface area (Å²) in [5.74, 6) is -0.915. The number of carbonyl (C=O) groups excluding carboxylic acids is 2. The van der Waals surface area contributed by atoms with Crippen LogP contribution in [0.25, 0.3) is 0 Å². The van der Waals surface area contributed by atoms with Gasteiger partial charge in [0.15, 0.2) is 0 Å². The van der Waals surface area contributed by atoms with E-state index in [9.17, 15) is 49.1 Å². The van der Waals surface area contributed by atoms with Gasteiger partial charge in [0.05, 0.1) is 29.5 Å². The third-order valence-corrected chi connectivity index (χ3v) is 6.69. The van der Waals surface area contributed by atoms with Crippen molar-refractivity contribution < 1.29 is 58.6 Å². The summed E-state index contributed by atoms with van der Waals surface area (Å²) >= 11 is 0. The predicted octanol–water partition coefficient (Wildman–Crippen LogP) is 8.63. The lowest BCUT2D eigenvalue weighted by Gasteiger charge is -2.32. The van der Waals surface area contributed by atoms with Gasteiger partial charge in [-0.3, -0.25) is 4.90 Å². The number of nitrogens with zero attached hydrogens (tertiary/aromatic N) is 2. The van der Waals surface area contributed by atoms with E-state index in [4.69, 9.17) is 9.47 Å². The Bertz CT molecular complexity index is 1320. The molecule has 6 nitrogen and oxygen atoms in total. The molecule has 0 saturated heterocycles. The van der Waals surface area contributed by atoms with Gasteiger partial charge in [-0.05, 0) is 68.7 Å². The average molecular weight is 629 g/mol. The first-order chi connectivity index (χ1) is 19.6. The first-order valence-corrected chi connectivity index (χ1v) is 12.9. The lowest BCUT2D eigenvalue weighted by atomic mass is 9.92. The minimum Gasteiger partial charge on any atom is -0.453 e. The maximum Gasteiger partial charge on any atom is 0.416 e. The molecule has 2 aromatic rings. The molecule has 2 amide bonds. The van der Waals surface area contributed by atoms with Crippen molar-refractivity contribution in [2.45, 2.75) is 76.8 Å². The second-order valence-electron chi connectivity index (χ2n) is 11.0. The van der Waals surface area contributed by atoms with Gasteiger partial charge in [-0.1, -0.05) is 13.0 Å². The summed E-state index contributed by atoms with van der Waals surface area (Å²) in [7, 11) is 0.950.